The molecule has 53 heavy (non-hydrogen) atoms. The SMILES string of the molecule is CCCC(c1ccc(CCCCCCCCCCCCCCCCCc2ccc(C(CCC)c3ccc(N)cc3C)cc2)cc1)c1ccc(N)cc1C. The van der Waals surface area contributed by atoms with Crippen LogP contribution in [0.3, 0.4) is 0 Å². The first kappa shape index (κ1) is 42.2. The third kappa shape index (κ3) is 14.7. The van der Waals surface area contributed by atoms with Crippen molar-refractivity contribution in [2.45, 2.75) is 174 Å². The third-order valence-electron chi connectivity index (χ3n) is 11.7. The van der Waals surface area contributed by atoms with Gasteiger partial charge in [0, 0.05) is 23.2 Å². The quantitative estimate of drug-likeness (QED) is 0.0502. The lowest BCUT2D eigenvalue weighted by atomic mass is 9.84. The molecule has 0 saturated heterocycles. The second kappa shape index (κ2) is 24.0. The standard InChI is InChI=1S/C51H74N2/c1-5-22-50(48-36-34-46(52)38-40(48)3)44-30-26-42(27-31-44)24-20-18-16-14-12-10-8-7-9-11-13-15-17-19-21-25-43-28-32-45(33-29-43)51(23-6-2)49-37-35-47(53)39-41(49)4/h26-39,50-51H,5-25,52-53H2,1-4H3. The predicted molar refractivity (Wildman–Crippen MR) is 234 cm³/mol. The zero-order chi connectivity index (χ0) is 37.7. The summed E-state index contributed by atoms with van der Waals surface area (Å²) in [5.41, 5.74) is 25.1. The van der Waals surface area contributed by atoms with Crippen LogP contribution < -0.4 is 11.5 Å². The molecule has 2 heteroatoms. The molecule has 4 aromatic carbocycles. The van der Waals surface area contributed by atoms with Crippen molar-refractivity contribution < 1.29 is 0 Å². The summed E-state index contributed by atoms with van der Waals surface area (Å²) in [6, 6.07) is 31.8. The van der Waals surface area contributed by atoms with Crippen LogP contribution in [0.15, 0.2) is 84.9 Å². The van der Waals surface area contributed by atoms with Gasteiger partial charge >= 0.3 is 0 Å². The number of nitrogens with two attached hydrogens (primary N) is 2. The molecule has 4 rings (SSSR count). The summed E-state index contributed by atoms with van der Waals surface area (Å²) in [6.45, 7) is 8.96. The molecule has 4 aromatic rings. The molecular weight excluding hydrogens is 641 g/mol. The summed E-state index contributed by atoms with van der Waals surface area (Å²) in [5, 5.41) is 0. The lowest BCUT2D eigenvalue weighted by Gasteiger charge is -2.20. The summed E-state index contributed by atoms with van der Waals surface area (Å²) in [6.07, 6.45) is 28.1. The first-order chi connectivity index (χ1) is 25.9. The van der Waals surface area contributed by atoms with Crippen molar-refractivity contribution in [3.63, 3.8) is 0 Å². The Bertz CT molecular complexity index is 1450. The van der Waals surface area contributed by atoms with Crippen LogP contribution in [-0.4, -0.2) is 0 Å². The van der Waals surface area contributed by atoms with E-state index in [9.17, 15) is 0 Å². The van der Waals surface area contributed by atoms with Crippen LogP contribution in [0.4, 0.5) is 11.4 Å². The normalized spacial score (nSPS) is 12.6. The fraction of sp³-hybridized carbons (Fsp3) is 0.529. The van der Waals surface area contributed by atoms with Crippen molar-refractivity contribution in [2.24, 2.45) is 0 Å². The van der Waals surface area contributed by atoms with Crippen molar-refractivity contribution in [3.8, 4) is 0 Å². The molecule has 0 bridgehead atoms. The Labute approximate surface area is 325 Å². The molecule has 0 aromatic heterocycles. The highest BCUT2D eigenvalue weighted by Crippen LogP contribution is 2.34. The number of hydrogen-bond acceptors (Lipinski definition) is 2. The molecule has 288 valence electrons. The van der Waals surface area contributed by atoms with Gasteiger partial charge in [-0.25, -0.2) is 0 Å². The van der Waals surface area contributed by atoms with Gasteiger partial charge < -0.3 is 11.5 Å². The molecule has 2 nitrogen and oxygen atoms in total. The minimum Gasteiger partial charge on any atom is -0.399 e. The smallest absolute Gasteiger partial charge is 0.0316 e. The highest BCUT2D eigenvalue weighted by Gasteiger charge is 2.17. The molecule has 2 atom stereocenters. The largest absolute Gasteiger partial charge is 0.399 e. The van der Waals surface area contributed by atoms with Gasteiger partial charge in [0.15, 0.2) is 0 Å². The van der Waals surface area contributed by atoms with Crippen LogP contribution >= 0.6 is 0 Å². The molecule has 0 spiro atoms. The Morgan fingerprint density at radius 2 is 0.698 bits per heavy atom. The molecule has 0 amide bonds. The number of unbranched alkanes of at least 4 members (excludes halogenated alkanes) is 14. The topological polar surface area (TPSA) is 52.0 Å². The van der Waals surface area contributed by atoms with Gasteiger partial charge in [-0.3, -0.25) is 0 Å². The summed E-state index contributed by atoms with van der Waals surface area (Å²) in [7, 11) is 0. The van der Waals surface area contributed by atoms with E-state index in [0.29, 0.717) is 11.8 Å². The molecule has 4 N–H and O–H groups in total. The van der Waals surface area contributed by atoms with Gasteiger partial charge in [-0.05, 0) is 121 Å². The van der Waals surface area contributed by atoms with Crippen molar-refractivity contribution in [3.05, 3.63) is 129 Å². The van der Waals surface area contributed by atoms with Crippen molar-refractivity contribution in [1.82, 2.24) is 0 Å². The van der Waals surface area contributed by atoms with Gasteiger partial charge in [0.2, 0.25) is 0 Å². The fourth-order valence-electron chi connectivity index (χ4n) is 8.55. The van der Waals surface area contributed by atoms with Crippen molar-refractivity contribution in [1.29, 1.82) is 0 Å². The van der Waals surface area contributed by atoms with Gasteiger partial charge in [-0.2, -0.15) is 0 Å². The van der Waals surface area contributed by atoms with E-state index in [-0.39, 0.29) is 0 Å². The van der Waals surface area contributed by atoms with E-state index >= 15 is 0 Å². The Morgan fingerprint density at radius 1 is 0.396 bits per heavy atom. The minimum absolute atomic E-state index is 0.460. The zero-order valence-corrected chi connectivity index (χ0v) is 34.2. The molecule has 2 unspecified atom stereocenters. The predicted octanol–water partition coefficient (Wildman–Crippen LogP) is 15.0. The Kier molecular flexibility index (Phi) is 19.1. The number of benzene rings is 4. The maximum atomic E-state index is 6.03. The summed E-state index contributed by atoms with van der Waals surface area (Å²) >= 11 is 0. The molecule has 0 heterocycles. The number of aryl methyl sites for hydroxylation is 4. The van der Waals surface area contributed by atoms with Crippen molar-refractivity contribution in [2.75, 3.05) is 11.5 Å². The highest BCUT2D eigenvalue weighted by atomic mass is 14.5. The Hall–Kier alpha value is -3.52. The summed E-state index contributed by atoms with van der Waals surface area (Å²) in [4.78, 5) is 0. The average Bonchev–Trinajstić information content (AvgIpc) is 3.15. The van der Waals surface area contributed by atoms with E-state index in [1.165, 1.54) is 179 Å². The van der Waals surface area contributed by atoms with Crippen LogP contribution in [0, 0.1) is 13.8 Å². The first-order valence-corrected chi connectivity index (χ1v) is 21.8. The molecular formula is C51H74N2. The minimum atomic E-state index is 0.460. The molecule has 0 aliphatic heterocycles. The number of rotatable bonds is 26. The lowest BCUT2D eigenvalue weighted by Crippen LogP contribution is -2.04. The van der Waals surface area contributed by atoms with Gasteiger partial charge in [-0.1, -0.05) is 171 Å². The van der Waals surface area contributed by atoms with E-state index < -0.39 is 0 Å². The van der Waals surface area contributed by atoms with Gasteiger partial charge in [0.05, 0.1) is 0 Å². The van der Waals surface area contributed by atoms with Crippen molar-refractivity contribution >= 4 is 11.4 Å². The fourth-order valence-corrected chi connectivity index (χ4v) is 8.55. The Morgan fingerprint density at radius 3 is 0.981 bits per heavy atom. The third-order valence-corrected chi connectivity index (χ3v) is 11.7. The number of nitrogen functional groups attached to an aromatic ring is 2. The van der Waals surface area contributed by atoms with E-state index in [1.54, 1.807) is 0 Å². The first-order valence-electron chi connectivity index (χ1n) is 21.8. The van der Waals surface area contributed by atoms with Gasteiger partial charge in [0.25, 0.3) is 0 Å². The van der Waals surface area contributed by atoms with Gasteiger partial charge in [-0.15, -0.1) is 0 Å². The van der Waals surface area contributed by atoms with Crippen LogP contribution in [-0.2, 0) is 12.8 Å². The number of hydrogen-bond donors (Lipinski definition) is 2. The van der Waals surface area contributed by atoms with Crippen LogP contribution in [0.5, 0.6) is 0 Å². The van der Waals surface area contributed by atoms with Gasteiger partial charge in [0.1, 0.15) is 0 Å². The second-order valence-electron chi connectivity index (χ2n) is 16.2. The summed E-state index contributed by atoms with van der Waals surface area (Å²) in [5.74, 6) is 0.920. The number of anilines is 2. The maximum absolute atomic E-state index is 6.03. The second-order valence-corrected chi connectivity index (χ2v) is 16.2. The van der Waals surface area contributed by atoms with E-state index in [1.807, 2.05) is 0 Å². The molecule has 0 radical (unpaired) electrons. The summed E-state index contributed by atoms with van der Waals surface area (Å²) < 4.78 is 0. The zero-order valence-electron chi connectivity index (χ0n) is 34.2. The molecule has 0 saturated carbocycles. The highest BCUT2D eigenvalue weighted by molar-refractivity contribution is 5.49. The Balaban J connectivity index is 0.961. The van der Waals surface area contributed by atoms with Crippen LogP contribution in [0.2, 0.25) is 0 Å². The monoisotopic (exact) mass is 715 g/mol. The lowest BCUT2D eigenvalue weighted by molar-refractivity contribution is 0.530. The van der Waals surface area contributed by atoms with Crippen LogP contribution in [0.1, 0.15) is 192 Å². The van der Waals surface area contributed by atoms with E-state index in [2.05, 4.69) is 113 Å². The molecule has 0 fully saturated rings. The maximum Gasteiger partial charge on any atom is 0.0316 e. The van der Waals surface area contributed by atoms with E-state index in [4.69, 9.17) is 11.5 Å². The molecule has 0 aliphatic carbocycles. The average molecular weight is 715 g/mol. The van der Waals surface area contributed by atoms with E-state index in [0.717, 1.165) is 11.4 Å². The van der Waals surface area contributed by atoms with Crippen LogP contribution in [0.25, 0.3) is 0 Å². The molecule has 0 aliphatic rings.